The lowest BCUT2D eigenvalue weighted by atomic mass is 9.79. The highest BCUT2D eigenvalue weighted by molar-refractivity contribution is 5.91. The Labute approximate surface area is 179 Å². The van der Waals surface area contributed by atoms with Crippen molar-refractivity contribution in [3.8, 4) is 0 Å². The van der Waals surface area contributed by atoms with Gasteiger partial charge in [-0.2, -0.15) is 0 Å². The summed E-state index contributed by atoms with van der Waals surface area (Å²) in [7, 11) is 6.37. The van der Waals surface area contributed by atoms with Gasteiger partial charge >= 0.3 is 0 Å². The average Bonchev–Trinajstić information content (AvgIpc) is 3.26. The molecule has 1 aliphatic heterocycles. The fourth-order valence-electron chi connectivity index (χ4n) is 4.80. The predicted octanol–water partition coefficient (Wildman–Crippen LogP) is 4.07. The molecular formula is C25H32N4O. The van der Waals surface area contributed by atoms with Crippen LogP contribution in [0.15, 0.2) is 60.8 Å². The van der Waals surface area contributed by atoms with E-state index in [-0.39, 0.29) is 11.4 Å². The number of likely N-dealkylation sites (tertiary alicyclic amines) is 1. The molecule has 1 N–H and O–H groups in total. The van der Waals surface area contributed by atoms with E-state index in [4.69, 9.17) is 0 Å². The highest BCUT2D eigenvalue weighted by atomic mass is 16.2. The molecule has 0 bridgehead atoms. The Morgan fingerprint density at radius 3 is 2.43 bits per heavy atom. The van der Waals surface area contributed by atoms with Gasteiger partial charge in [0.1, 0.15) is 0 Å². The van der Waals surface area contributed by atoms with E-state index >= 15 is 0 Å². The molecule has 0 unspecified atom stereocenters. The van der Waals surface area contributed by atoms with E-state index in [9.17, 15) is 4.79 Å². The van der Waals surface area contributed by atoms with Gasteiger partial charge in [-0.3, -0.25) is 9.69 Å². The molecule has 0 saturated carbocycles. The summed E-state index contributed by atoms with van der Waals surface area (Å²) in [5.41, 5.74) is 3.63. The van der Waals surface area contributed by atoms with Gasteiger partial charge in [0.2, 0.25) is 5.91 Å². The maximum Gasteiger partial charge on any atom is 0.224 e. The van der Waals surface area contributed by atoms with Crippen molar-refractivity contribution in [2.75, 3.05) is 45.7 Å². The van der Waals surface area contributed by atoms with Crippen molar-refractivity contribution >= 4 is 22.5 Å². The number of carbonyl (C=O) groups excluding carboxylic acids is 1. The van der Waals surface area contributed by atoms with E-state index in [0.29, 0.717) is 13.0 Å². The molecule has 3 aromatic rings. The normalized spacial score (nSPS) is 16.2. The Bertz CT molecular complexity index is 987. The van der Waals surface area contributed by atoms with Crippen LogP contribution in [0.2, 0.25) is 0 Å². The summed E-state index contributed by atoms with van der Waals surface area (Å²) < 4.78 is 0. The molecule has 0 spiro atoms. The van der Waals surface area contributed by atoms with E-state index in [1.54, 1.807) is 0 Å². The first-order valence-corrected chi connectivity index (χ1v) is 10.8. The molecule has 1 aromatic heterocycles. The van der Waals surface area contributed by atoms with Crippen LogP contribution in [0.3, 0.4) is 0 Å². The average molecular weight is 405 g/mol. The van der Waals surface area contributed by atoms with Crippen molar-refractivity contribution in [1.29, 1.82) is 0 Å². The molecule has 30 heavy (non-hydrogen) atoms. The van der Waals surface area contributed by atoms with Crippen LogP contribution in [0.5, 0.6) is 0 Å². The Kier molecular flexibility index (Phi) is 5.82. The first kappa shape index (κ1) is 20.5. The highest BCUT2D eigenvalue weighted by Gasteiger charge is 2.39. The third-order valence-electron chi connectivity index (χ3n) is 6.75. The number of hydrogen-bond acceptors (Lipinski definition) is 3. The second-order valence-electron chi connectivity index (χ2n) is 8.56. The van der Waals surface area contributed by atoms with E-state index in [1.165, 1.54) is 10.9 Å². The van der Waals surface area contributed by atoms with Crippen LogP contribution < -0.4 is 4.90 Å². The van der Waals surface area contributed by atoms with E-state index in [0.717, 1.165) is 37.1 Å². The van der Waals surface area contributed by atoms with Crippen molar-refractivity contribution in [3.63, 3.8) is 0 Å². The van der Waals surface area contributed by atoms with E-state index < -0.39 is 0 Å². The number of para-hydroxylation sites is 1. The lowest BCUT2D eigenvalue weighted by Crippen LogP contribution is -2.52. The standard InChI is InChI=1S/C25H32N4O/c1-27(2)25(21-9-5-4-6-10-21)14-18-29(19-15-25)23(30)13-17-28(3)22-11-7-8-20-12-16-26-24(20)22/h4-12,16,26H,13-15,17-19H2,1-3H3. The molecule has 0 radical (unpaired) electrons. The molecule has 1 amide bonds. The smallest absolute Gasteiger partial charge is 0.224 e. The molecule has 4 rings (SSSR count). The molecule has 1 aliphatic rings. The van der Waals surface area contributed by atoms with Gasteiger partial charge in [-0.05, 0) is 44.6 Å². The summed E-state index contributed by atoms with van der Waals surface area (Å²) in [5, 5.41) is 1.20. The number of carbonyl (C=O) groups is 1. The number of rotatable bonds is 6. The number of nitrogens with zero attached hydrogens (tertiary/aromatic N) is 3. The molecule has 5 nitrogen and oxygen atoms in total. The number of benzene rings is 2. The fourth-order valence-corrected chi connectivity index (χ4v) is 4.80. The van der Waals surface area contributed by atoms with Crippen LogP contribution in [0.1, 0.15) is 24.8 Å². The minimum Gasteiger partial charge on any atom is -0.372 e. The molecule has 1 saturated heterocycles. The zero-order valence-corrected chi connectivity index (χ0v) is 18.3. The first-order valence-electron chi connectivity index (χ1n) is 10.8. The van der Waals surface area contributed by atoms with Gasteiger partial charge in [0.25, 0.3) is 0 Å². The Balaban J connectivity index is 1.37. The summed E-state index contributed by atoms with van der Waals surface area (Å²) in [4.78, 5) is 22.8. The van der Waals surface area contributed by atoms with Crippen molar-refractivity contribution < 1.29 is 4.79 Å². The number of aromatic amines is 1. The minimum atomic E-state index is 0.0120. The number of H-pyrrole nitrogens is 1. The van der Waals surface area contributed by atoms with Crippen LogP contribution in [-0.4, -0.2) is 61.5 Å². The molecule has 0 atom stereocenters. The SMILES string of the molecule is CN(CCC(=O)N1CCC(c2ccccc2)(N(C)C)CC1)c1cccc2cc[nH]c12. The number of aromatic nitrogens is 1. The predicted molar refractivity (Wildman–Crippen MR) is 124 cm³/mol. The largest absolute Gasteiger partial charge is 0.372 e. The lowest BCUT2D eigenvalue weighted by molar-refractivity contribution is -0.133. The molecular weight excluding hydrogens is 372 g/mol. The second-order valence-corrected chi connectivity index (χ2v) is 8.56. The van der Waals surface area contributed by atoms with Gasteiger partial charge in [-0.1, -0.05) is 42.5 Å². The molecule has 5 heteroatoms. The van der Waals surface area contributed by atoms with Crippen LogP contribution >= 0.6 is 0 Å². The first-order chi connectivity index (χ1) is 14.5. The van der Waals surface area contributed by atoms with Crippen molar-refractivity contribution in [2.45, 2.75) is 24.8 Å². The van der Waals surface area contributed by atoms with Crippen molar-refractivity contribution in [3.05, 3.63) is 66.4 Å². The third-order valence-corrected chi connectivity index (χ3v) is 6.75. The summed E-state index contributed by atoms with van der Waals surface area (Å²) in [5.74, 6) is 0.251. The number of anilines is 1. The molecule has 158 valence electrons. The van der Waals surface area contributed by atoms with Crippen molar-refractivity contribution in [2.24, 2.45) is 0 Å². The Hall–Kier alpha value is -2.79. The highest BCUT2D eigenvalue weighted by Crippen LogP contribution is 2.37. The van der Waals surface area contributed by atoms with E-state index in [2.05, 4.69) is 90.5 Å². The molecule has 2 aromatic carbocycles. The summed E-state index contributed by atoms with van der Waals surface area (Å²) in [6.07, 6.45) is 4.43. The summed E-state index contributed by atoms with van der Waals surface area (Å²) >= 11 is 0. The van der Waals surface area contributed by atoms with Crippen LogP contribution in [0.25, 0.3) is 10.9 Å². The van der Waals surface area contributed by atoms with Gasteiger partial charge in [-0.15, -0.1) is 0 Å². The number of fused-ring (bicyclic) bond motifs is 1. The van der Waals surface area contributed by atoms with Gasteiger partial charge in [0.15, 0.2) is 0 Å². The second kappa shape index (κ2) is 8.52. The topological polar surface area (TPSA) is 42.6 Å². The maximum absolute atomic E-state index is 12.9. The number of hydrogen-bond donors (Lipinski definition) is 1. The van der Waals surface area contributed by atoms with Crippen LogP contribution in [0, 0.1) is 0 Å². The van der Waals surface area contributed by atoms with Gasteiger partial charge in [-0.25, -0.2) is 0 Å². The number of piperidine rings is 1. The number of nitrogens with one attached hydrogen (secondary N) is 1. The Morgan fingerprint density at radius 1 is 1.00 bits per heavy atom. The third kappa shape index (κ3) is 3.82. The molecule has 2 heterocycles. The van der Waals surface area contributed by atoms with Gasteiger partial charge < -0.3 is 14.8 Å². The van der Waals surface area contributed by atoms with Gasteiger partial charge in [0.05, 0.1) is 11.2 Å². The fraction of sp³-hybridized carbons (Fsp3) is 0.400. The maximum atomic E-state index is 12.9. The van der Waals surface area contributed by atoms with Crippen LogP contribution in [0.4, 0.5) is 5.69 Å². The summed E-state index contributed by atoms with van der Waals surface area (Å²) in [6.45, 7) is 2.33. The summed E-state index contributed by atoms with van der Waals surface area (Å²) in [6, 6.07) is 19.1. The molecule has 1 fully saturated rings. The van der Waals surface area contributed by atoms with Gasteiger partial charge in [0, 0.05) is 50.2 Å². The zero-order chi connectivity index (χ0) is 21.1. The van der Waals surface area contributed by atoms with Crippen LogP contribution in [-0.2, 0) is 10.3 Å². The lowest BCUT2D eigenvalue weighted by Gasteiger charge is -2.46. The monoisotopic (exact) mass is 404 g/mol. The minimum absolute atomic E-state index is 0.0120. The number of amides is 1. The molecule has 0 aliphatic carbocycles. The quantitative estimate of drug-likeness (QED) is 0.673. The van der Waals surface area contributed by atoms with Crippen molar-refractivity contribution in [1.82, 2.24) is 14.8 Å². The zero-order valence-electron chi connectivity index (χ0n) is 18.3. The Morgan fingerprint density at radius 2 is 1.73 bits per heavy atom. The van der Waals surface area contributed by atoms with E-state index in [1.807, 2.05) is 11.1 Å².